The van der Waals surface area contributed by atoms with Gasteiger partial charge in [0.05, 0.1) is 13.7 Å². The van der Waals surface area contributed by atoms with Crippen molar-refractivity contribution in [3.63, 3.8) is 0 Å². The van der Waals surface area contributed by atoms with Crippen LogP contribution in [0.1, 0.15) is 51.7 Å². The highest BCUT2D eigenvalue weighted by Gasteiger charge is 2.27. The van der Waals surface area contributed by atoms with Crippen LogP contribution in [-0.2, 0) is 13.0 Å². The molecule has 1 aromatic heterocycles. The van der Waals surface area contributed by atoms with Crippen molar-refractivity contribution in [3.8, 4) is 5.75 Å². The molecule has 0 unspecified atom stereocenters. The van der Waals surface area contributed by atoms with E-state index in [9.17, 15) is 4.79 Å². The third kappa shape index (κ3) is 4.68. The van der Waals surface area contributed by atoms with Gasteiger partial charge in [-0.1, -0.05) is 42.5 Å². The summed E-state index contributed by atoms with van der Waals surface area (Å²) >= 11 is 1.36. The molecule has 1 fully saturated rings. The number of methoxy groups -OCH3 is 1. The van der Waals surface area contributed by atoms with Crippen molar-refractivity contribution in [2.24, 2.45) is 0 Å². The molecule has 0 aliphatic carbocycles. The fourth-order valence-electron chi connectivity index (χ4n) is 3.81. The fraction of sp³-hybridized carbons (Fsp3) is 0.348. The summed E-state index contributed by atoms with van der Waals surface area (Å²) in [6.45, 7) is 3.82. The van der Waals surface area contributed by atoms with Crippen molar-refractivity contribution in [3.05, 3.63) is 69.7 Å². The lowest BCUT2D eigenvalue weighted by molar-refractivity contribution is 0.102. The van der Waals surface area contributed by atoms with E-state index >= 15 is 0 Å². The highest BCUT2D eigenvalue weighted by Crippen LogP contribution is 2.34. The van der Waals surface area contributed by atoms with E-state index in [4.69, 9.17) is 4.74 Å². The number of aryl methyl sites for hydroxylation is 1. The number of ether oxygens (including phenoxy) is 1. The molecule has 2 aromatic carbocycles. The first-order valence-corrected chi connectivity index (χ1v) is 11.1. The van der Waals surface area contributed by atoms with Crippen molar-refractivity contribution < 1.29 is 9.53 Å². The number of amides is 1. The Morgan fingerprint density at radius 2 is 1.93 bits per heavy atom. The number of carbonyl (C=O) groups is 1. The molecule has 1 N–H and O–H groups in total. The van der Waals surface area contributed by atoms with Gasteiger partial charge in [0.1, 0.15) is 10.8 Å². The summed E-state index contributed by atoms with van der Waals surface area (Å²) < 4.78 is 5.27. The quantitative estimate of drug-likeness (QED) is 0.598. The molecule has 4 rings (SSSR count). The second-order valence-corrected chi connectivity index (χ2v) is 8.47. The van der Waals surface area contributed by atoms with Gasteiger partial charge in [-0.15, -0.1) is 10.2 Å². The molecule has 3 aromatic rings. The zero-order chi connectivity index (χ0) is 20.9. The Hall–Kier alpha value is -2.77. The highest BCUT2D eigenvalue weighted by atomic mass is 32.1. The van der Waals surface area contributed by atoms with Gasteiger partial charge in [-0.3, -0.25) is 9.69 Å². The van der Waals surface area contributed by atoms with Gasteiger partial charge in [-0.05, 0) is 61.2 Å². The van der Waals surface area contributed by atoms with Crippen molar-refractivity contribution >= 4 is 22.9 Å². The topological polar surface area (TPSA) is 67.4 Å². The molecule has 156 valence electrons. The van der Waals surface area contributed by atoms with Crippen LogP contribution < -0.4 is 10.1 Å². The van der Waals surface area contributed by atoms with Gasteiger partial charge in [-0.2, -0.15) is 0 Å². The maximum Gasteiger partial charge on any atom is 0.286 e. The molecular weight excluding hydrogens is 396 g/mol. The van der Waals surface area contributed by atoms with Crippen molar-refractivity contribution in [1.29, 1.82) is 0 Å². The Labute approximate surface area is 180 Å². The zero-order valence-corrected chi connectivity index (χ0v) is 18.1. The van der Waals surface area contributed by atoms with Crippen LogP contribution in [0.4, 0.5) is 5.69 Å². The molecule has 1 saturated heterocycles. The number of rotatable bonds is 7. The number of aromatic nitrogens is 2. The van der Waals surface area contributed by atoms with E-state index in [1.807, 2.05) is 36.4 Å². The van der Waals surface area contributed by atoms with Crippen molar-refractivity contribution in [2.45, 2.75) is 38.8 Å². The normalized spacial score (nSPS) is 16.5. The molecule has 6 nitrogen and oxygen atoms in total. The molecular formula is C23H26N4O2S. The maximum absolute atomic E-state index is 12.5. The second-order valence-electron chi connectivity index (χ2n) is 7.41. The van der Waals surface area contributed by atoms with Crippen LogP contribution in [0.5, 0.6) is 5.75 Å². The van der Waals surface area contributed by atoms with Crippen LogP contribution in [-0.4, -0.2) is 34.7 Å². The predicted molar refractivity (Wildman–Crippen MR) is 119 cm³/mol. The van der Waals surface area contributed by atoms with Gasteiger partial charge in [0.2, 0.25) is 5.01 Å². The molecule has 0 saturated carbocycles. The molecule has 0 radical (unpaired) electrons. The minimum Gasteiger partial charge on any atom is -0.497 e. The summed E-state index contributed by atoms with van der Waals surface area (Å²) in [5.74, 6) is 0.656. The monoisotopic (exact) mass is 422 g/mol. The van der Waals surface area contributed by atoms with Gasteiger partial charge in [0.25, 0.3) is 5.91 Å². The molecule has 0 spiro atoms. The summed E-state index contributed by atoms with van der Waals surface area (Å²) in [5.41, 5.74) is 3.29. The Kier molecular flexibility index (Phi) is 6.40. The first-order valence-electron chi connectivity index (χ1n) is 10.3. The molecule has 0 bridgehead atoms. The molecule has 2 heterocycles. The van der Waals surface area contributed by atoms with Crippen LogP contribution in [0.25, 0.3) is 0 Å². The van der Waals surface area contributed by atoms with E-state index in [-0.39, 0.29) is 5.91 Å². The molecule has 7 heteroatoms. The summed E-state index contributed by atoms with van der Waals surface area (Å²) in [7, 11) is 1.68. The Bertz CT molecular complexity index is 985. The van der Waals surface area contributed by atoms with E-state index < -0.39 is 0 Å². The number of nitrogens with zero attached hydrogens (tertiary/aromatic N) is 3. The third-order valence-corrected chi connectivity index (χ3v) is 6.39. The van der Waals surface area contributed by atoms with E-state index in [0.717, 1.165) is 42.3 Å². The first-order chi connectivity index (χ1) is 14.7. The van der Waals surface area contributed by atoms with E-state index in [1.165, 1.54) is 22.5 Å². The predicted octanol–water partition coefficient (Wildman–Crippen LogP) is 4.70. The average molecular weight is 423 g/mol. The van der Waals surface area contributed by atoms with E-state index in [2.05, 4.69) is 39.5 Å². The molecule has 1 aliphatic heterocycles. The van der Waals surface area contributed by atoms with Crippen LogP contribution in [0.2, 0.25) is 0 Å². The highest BCUT2D eigenvalue weighted by molar-refractivity contribution is 7.13. The smallest absolute Gasteiger partial charge is 0.286 e. The molecule has 1 atom stereocenters. The number of likely N-dealkylation sites (tertiary alicyclic amines) is 1. The van der Waals surface area contributed by atoms with Crippen LogP contribution in [0.3, 0.4) is 0 Å². The molecule has 30 heavy (non-hydrogen) atoms. The number of anilines is 1. The lowest BCUT2D eigenvalue weighted by Crippen LogP contribution is -2.22. The number of nitrogens with one attached hydrogen (secondary N) is 1. The molecule has 1 aliphatic rings. The first kappa shape index (κ1) is 20.5. The van der Waals surface area contributed by atoms with Gasteiger partial charge >= 0.3 is 0 Å². The number of hydrogen-bond acceptors (Lipinski definition) is 6. The maximum atomic E-state index is 12.5. The SMILES string of the molecule is CCc1ccc(NC(=O)c2nnc(CN3CCC[C@@H]3c3ccc(OC)cc3)s2)cc1. The van der Waals surface area contributed by atoms with Crippen LogP contribution in [0, 0.1) is 0 Å². The minimum atomic E-state index is -0.212. The van der Waals surface area contributed by atoms with Gasteiger partial charge < -0.3 is 10.1 Å². The van der Waals surface area contributed by atoms with Crippen molar-refractivity contribution in [1.82, 2.24) is 15.1 Å². The lowest BCUT2D eigenvalue weighted by atomic mass is 10.0. The zero-order valence-electron chi connectivity index (χ0n) is 17.3. The summed E-state index contributed by atoms with van der Waals surface area (Å²) in [6, 6.07) is 16.5. The minimum absolute atomic E-state index is 0.212. The van der Waals surface area contributed by atoms with Crippen LogP contribution >= 0.6 is 11.3 Å². The third-order valence-electron chi connectivity index (χ3n) is 5.48. The van der Waals surface area contributed by atoms with E-state index in [1.54, 1.807) is 7.11 Å². The summed E-state index contributed by atoms with van der Waals surface area (Å²) in [4.78, 5) is 14.9. The van der Waals surface area contributed by atoms with E-state index in [0.29, 0.717) is 17.6 Å². The standard InChI is InChI=1S/C23H26N4O2S/c1-3-16-6-10-18(11-7-16)24-22(28)23-26-25-21(30-23)15-27-14-4-5-20(27)17-8-12-19(29-2)13-9-17/h6-13,20H,3-5,14-15H2,1-2H3,(H,24,28)/t20-/m1/s1. The summed E-state index contributed by atoms with van der Waals surface area (Å²) in [6.07, 6.45) is 3.24. The van der Waals surface area contributed by atoms with Gasteiger partial charge in [0.15, 0.2) is 0 Å². The largest absolute Gasteiger partial charge is 0.497 e. The number of carbonyl (C=O) groups excluding carboxylic acids is 1. The Morgan fingerprint density at radius 3 is 2.63 bits per heavy atom. The van der Waals surface area contributed by atoms with Crippen molar-refractivity contribution in [2.75, 3.05) is 19.0 Å². The van der Waals surface area contributed by atoms with Gasteiger partial charge in [0, 0.05) is 11.7 Å². The summed E-state index contributed by atoms with van der Waals surface area (Å²) in [5, 5.41) is 12.6. The van der Waals surface area contributed by atoms with Gasteiger partial charge in [-0.25, -0.2) is 0 Å². The lowest BCUT2D eigenvalue weighted by Gasteiger charge is -2.23. The average Bonchev–Trinajstić information content (AvgIpc) is 3.44. The number of hydrogen-bond donors (Lipinski definition) is 1. The second kappa shape index (κ2) is 9.36. The fourth-order valence-corrected chi connectivity index (χ4v) is 4.57. The Morgan fingerprint density at radius 1 is 1.17 bits per heavy atom. The Balaban J connectivity index is 1.39. The number of benzene rings is 2. The molecule has 1 amide bonds. The van der Waals surface area contributed by atoms with Crippen LogP contribution in [0.15, 0.2) is 48.5 Å².